The molecule has 2 aromatic rings. The standard InChI is InChI=1S/C23H21ClN4O4S/c1-2-3-12-32-22(31)15-8-10-16(11-9-15)28-20(29)13-19(21(28)30)33-23(26-14-25)27-18-7-5-4-6-17(18)24/h4-11,19H,2-3,12-13H2,1H3,(H,26,27)/t19-/m1/s1. The van der Waals surface area contributed by atoms with E-state index in [1.807, 2.05) is 6.92 Å². The molecule has 0 bridgehead atoms. The molecular weight excluding hydrogens is 464 g/mol. The van der Waals surface area contributed by atoms with Crippen molar-refractivity contribution in [3.05, 3.63) is 59.1 Å². The number of anilines is 1. The van der Waals surface area contributed by atoms with Crippen LogP contribution in [-0.4, -0.2) is 34.8 Å². The number of nitrogens with one attached hydrogen (secondary N) is 1. The Kier molecular flexibility index (Phi) is 8.46. The van der Waals surface area contributed by atoms with Gasteiger partial charge in [0, 0.05) is 6.42 Å². The molecule has 170 valence electrons. The summed E-state index contributed by atoms with van der Waals surface area (Å²) in [6.07, 6.45) is 3.43. The fraction of sp³-hybridized carbons (Fsp3) is 0.261. The lowest BCUT2D eigenvalue weighted by Gasteiger charge is -2.15. The average molecular weight is 485 g/mol. The van der Waals surface area contributed by atoms with Crippen molar-refractivity contribution >= 4 is 57.7 Å². The maximum Gasteiger partial charge on any atom is 0.338 e. The van der Waals surface area contributed by atoms with Crippen molar-refractivity contribution < 1.29 is 19.1 Å². The molecule has 2 aromatic carbocycles. The van der Waals surface area contributed by atoms with Crippen LogP contribution in [0.1, 0.15) is 36.5 Å². The van der Waals surface area contributed by atoms with Gasteiger partial charge < -0.3 is 4.74 Å². The number of para-hydroxylation sites is 1. The van der Waals surface area contributed by atoms with Gasteiger partial charge in [0.1, 0.15) is 5.25 Å². The second-order valence-electron chi connectivity index (χ2n) is 7.02. The Morgan fingerprint density at radius 3 is 2.67 bits per heavy atom. The lowest BCUT2D eigenvalue weighted by Crippen LogP contribution is -2.32. The summed E-state index contributed by atoms with van der Waals surface area (Å²) in [5.41, 5.74) is 1.13. The first-order valence-electron chi connectivity index (χ1n) is 10.2. The molecule has 1 saturated heterocycles. The van der Waals surface area contributed by atoms with Gasteiger partial charge in [-0.3, -0.25) is 14.9 Å². The van der Waals surface area contributed by atoms with Crippen LogP contribution in [0.25, 0.3) is 0 Å². The van der Waals surface area contributed by atoms with E-state index in [0.29, 0.717) is 28.6 Å². The van der Waals surface area contributed by atoms with Gasteiger partial charge in [0.25, 0.3) is 0 Å². The highest BCUT2D eigenvalue weighted by molar-refractivity contribution is 8.15. The van der Waals surface area contributed by atoms with Crippen LogP contribution < -0.4 is 10.2 Å². The van der Waals surface area contributed by atoms with Crippen LogP contribution in [0.4, 0.5) is 11.4 Å². The van der Waals surface area contributed by atoms with Crippen molar-refractivity contribution in [2.75, 3.05) is 11.5 Å². The van der Waals surface area contributed by atoms with Gasteiger partial charge >= 0.3 is 5.97 Å². The highest BCUT2D eigenvalue weighted by Crippen LogP contribution is 2.32. The van der Waals surface area contributed by atoms with Gasteiger partial charge in [0.05, 0.1) is 28.6 Å². The summed E-state index contributed by atoms with van der Waals surface area (Å²) in [5, 5.41) is 11.3. The van der Waals surface area contributed by atoms with E-state index in [9.17, 15) is 14.4 Å². The summed E-state index contributed by atoms with van der Waals surface area (Å²) >= 11 is 7.10. The molecule has 1 aliphatic heterocycles. The van der Waals surface area contributed by atoms with E-state index in [0.717, 1.165) is 29.5 Å². The third kappa shape index (κ3) is 6.12. The summed E-state index contributed by atoms with van der Waals surface area (Å²) in [6, 6.07) is 12.9. The molecule has 3 rings (SSSR count). The van der Waals surface area contributed by atoms with Crippen LogP contribution in [0.15, 0.2) is 53.5 Å². The van der Waals surface area contributed by atoms with E-state index in [1.165, 1.54) is 24.3 Å². The number of imide groups is 1. The number of esters is 1. The highest BCUT2D eigenvalue weighted by Gasteiger charge is 2.41. The van der Waals surface area contributed by atoms with Crippen LogP contribution in [0.2, 0.25) is 5.02 Å². The number of ether oxygens (including phenoxy) is 1. The van der Waals surface area contributed by atoms with Gasteiger partial charge in [0.15, 0.2) is 11.4 Å². The number of nitrogens with zero attached hydrogens (tertiary/aromatic N) is 3. The zero-order chi connectivity index (χ0) is 23.8. The van der Waals surface area contributed by atoms with Crippen LogP contribution in [0.5, 0.6) is 0 Å². The zero-order valence-electron chi connectivity index (χ0n) is 17.8. The summed E-state index contributed by atoms with van der Waals surface area (Å²) in [5.74, 6) is -1.27. The molecule has 0 aliphatic carbocycles. The molecule has 2 amide bonds. The van der Waals surface area contributed by atoms with Gasteiger partial charge in [0.2, 0.25) is 11.8 Å². The second-order valence-corrected chi connectivity index (χ2v) is 8.62. The molecular formula is C23H21ClN4O4S. The van der Waals surface area contributed by atoms with Crippen molar-refractivity contribution in [3.8, 4) is 6.19 Å². The van der Waals surface area contributed by atoms with Crippen LogP contribution in [-0.2, 0) is 14.3 Å². The lowest BCUT2D eigenvalue weighted by atomic mass is 10.2. The number of hydrogen-bond donors (Lipinski definition) is 1. The number of amidine groups is 1. The lowest BCUT2D eigenvalue weighted by molar-refractivity contribution is -0.121. The van der Waals surface area contributed by atoms with Gasteiger partial charge in [-0.2, -0.15) is 5.26 Å². The molecule has 8 nitrogen and oxygen atoms in total. The first-order chi connectivity index (χ1) is 15.9. The molecule has 1 atom stereocenters. The highest BCUT2D eigenvalue weighted by atomic mass is 35.5. The fourth-order valence-electron chi connectivity index (χ4n) is 3.02. The number of benzene rings is 2. The van der Waals surface area contributed by atoms with Gasteiger partial charge in [-0.25, -0.2) is 14.7 Å². The van der Waals surface area contributed by atoms with E-state index in [4.69, 9.17) is 21.6 Å². The number of carbonyl (C=O) groups is 3. The topological polar surface area (TPSA) is 112 Å². The van der Waals surface area contributed by atoms with E-state index in [2.05, 4.69) is 10.3 Å². The molecule has 0 spiro atoms. The van der Waals surface area contributed by atoms with E-state index in [-0.39, 0.29) is 17.5 Å². The average Bonchev–Trinajstić information content (AvgIpc) is 3.08. The maximum absolute atomic E-state index is 13.0. The Bertz CT molecular complexity index is 1110. The molecule has 1 fully saturated rings. The van der Waals surface area contributed by atoms with E-state index < -0.39 is 17.1 Å². The van der Waals surface area contributed by atoms with E-state index >= 15 is 0 Å². The number of rotatable bonds is 7. The minimum absolute atomic E-state index is 0.0566. The molecule has 33 heavy (non-hydrogen) atoms. The summed E-state index contributed by atoms with van der Waals surface area (Å²) in [7, 11) is 0. The normalized spacial score (nSPS) is 16.0. The molecule has 1 N–H and O–H groups in total. The Hall–Kier alpha value is -3.35. The molecule has 0 unspecified atom stereocenters. The van der Waals surface area contributed by atoms with Crippen LogP contribution in [0, 0.1) is 11.5 Å². The van der Waals surface area contributed by atoms with Crippen molar-refractivity contribution in [1.29, 1.82) is 5.26 Å². The quantitative estimate of drug-likeness (QED) is 0.118. The Morgan fingerprint density at radius 1 is 1.27 bits per heavy atom. The third-order valence-corrected chi connectivity index (χ3v) is 6.08. The van der Waals surface area contributed by atoms with Gasteiger partial charge in [-0.05, 0) is 42.8 Å². The Morgan fingerprint density at radius 2 is 2.00 bits per heavy atom. The number of aliphatic imine (C=N–C) groups is 1. The molecule has 1 heterocycles. The van der Waals surface area contributed by atoms with Crippen LogP contribution in [0.3, 0.4) is 0 Å². The van der Waals surface area contributed by atoms with Gasteiger partial charge in [-0.15, -0.1) is 0 Å². The summed E-state index contributed by atoms with van der Waals surface area (Å²) in [4.78, 5) is 43.0. The van der Waals surface area contributed by atoms with Crippen molar-refractivity contribution in [2.24, 2.45) is 4.99 Å². The second kappa shape index (κ2) is 11.5. The Labute approximate surface area is 200 Å². The molecule has 0 aromatic heterocycles. The smallest absolute Gasteiger partial charge is 0.338 e. The van der Waals surface area contributed by atoms with Crippen molar-refractivity contribution in [2.45, 2.75) is 31.4 Å². The summed E-state index contributed by atoms with van der Waals surface area (Å²) in [6.45, 7) is 2.34. The minimum Gasteiger partial charge on any atom is -0.462 e. The largest absolute Gasteiger partial charge is 0.462 e. The number of thioether (sulfide) groups is 1. The Balaban J connectivity index is 1.73. The summed E-state index contributed by atoms with van der Waals surface area (Å²) < 4.78 is 5.17. The number of unbranched alkanes of at least 4 members (excludes halogenated alkanes) is 1. The third-order valence-electron chi connectivity index (χ3n) is 4.69. The number of amides is 2. The van der Waals surface area contributed by atoms with Crippen molar-refractivity contribution in [3.63, 3.8) is 0 Å². The molecule has 0 saturated carbocycles. The number of carbonyl (C=O) groups excluding carboxylic acids is 3. The monoisotopic (exact) mass is 484 g/mol. The van der Waals surface area contributed by atoms with Crippen molar-refractivity contribution in [1.82, 2.24) is 5.32 Å². The maximum atomic E-state index is 13.0. The predicted molar refractivity (Wildman–Crippen MR) is 127 cm³/mol. The minimum atomic E-state index is -0.765. The first-order valence-corrected chi connectivity index (χ1v) is 11.5. The number of halogens is 1. The SMILES string of the molecule is CCCCOC(=O)c1ccc(N2C(=O)C[C@@H](SC(=Nc3ccccc3Cl)NC#N)C2=O)cc1. The fourth-order valence-corrected chi connectivity index (χ4v) is 4.16. The molecule has 0 radical (unpaired) electrons. The van der Waals surface area contributed by atoms with E-state index in [1.54, 1.807) is 30.5 Å². The number of nitriles is 1. The molecule has 1 aliphatic rings. The predicted octanol–water partition coefficient (Wildman–Crippen LogP) is 4.42. The first kappa shape index (κ1) is 24.3. The molecule has 10 heteroatoms. The van der Waals surface area contributed by atoms with Crippen LogP contribution >= 0.6 is 23.4 Å². The number of hydrogen-bond acceptors (Lipinski definition) is 7. The zero-order valence-corrected chi connectivity index (χ0v) is 19.4. The van der Waals surface area contributed by atoms with Gasteiger partial charge in [-0.1, -0.05) is 48.8 Å².